The fourth-order valence-electron chi connectivity index (χ4n) is 2.05. The Hall–Kier alpha value is -2.54. The van der Waals surface area contributed by atoms with E-state index >= 15 is 0 Å². The molecule has 0 saturated heterocycles. The van der Waals surface area contributed by atoms with Crippen LogP contribution in [-0.2, 0) is 0 Å². The van der Waals surface area contributed by atoms with Crippen LogP contribution in [0, 0.1) is 11.7 Å². The summed E-state index contributed by atoms with van der Waals surface area (Å²) in [7, 11) is 0. The highest BCUT2D eigenvalue weighted by molar-refractivity contribution is 5.94. The second kappa shape index (κ2) is 7.15. The van der Waals surface area contributed by atoms with Gasteiger partial charge in [-0.1, -0.05) is 19.9 Å². The van der Waals surface area contributed by atoms with E-state index in [1.807, 2.05) is 13.8 Å². The van der Waals surface area contributed by atoms with Crippen LogP contribution >= 0.6 is 0 Å². The fourth-order valence-corrected chi connectivity index (χ4v) is 2.05. The summed E-state index contributed by atoms with van der Waals surface area (Å²) < 4.78 is 14.3. The molecule has 122 valence electrons. The van der Waals surface area contributed by atoms with E-state index in [4.69, 9.17) is 0 Å². The van der Waals surface area contributed by atoms with Gasteiger partial charge in [0, 0.05) is 6.20 Å². The van der Waals surface area contributed by atoms with E-state index in [9.17, 15) is 19.1 Å². The van der Waals surface area contributed by atoms with Gasteiger partial charge in [0.2, 0.25) is 0 Å². The minimum Gasteiger partial charge on any atom is -0.394 e. The molecule has 2 N–H and O–H groups in total. The normalized spacial score (nSPS) is 12.2. The molecule has 1 aromatic heterocycles. The molecule has 1 aromatic carbocycles. The van der Waals surface area contributed by atoms with Gasteiger partial charge in [-0.25, -0.2) is 4.39 Å². The Morgan fingerprint density at radius 3 is 2.74 bits per heavy atom. The van der Waals surface area contributed by atoms with Gasteiger partial charge in [-0.2, -0.15) is 9.78 Å². The van der Waals surface area contributed by atoms with Crippen molar-refractivity contribution in [2.45, 2.75) is 19.9 Å². The zero-order valence-corrected chi connectivity index (χ0v) is 12.9. The smallest absolute Gasteiger partial charge is 0.284 e. The summed E-state index contributed by atoms with van der Waals surface area (Å²) in [5.74, 6) is -1.10. The molecule has 1 heterocycles. The molecular formula is C16H18FN3O3. The molecule has 0 saturated carbocycles. The monoisotopic (exact) mass is 319 g/mol. The van der Waals surface area contributed by atoms with Gasteiger partial charge in [0.25, 0.3) is 11.5 Å². The number of nitrogens with one attached hydrogen (secondary N) is 1. The molecule has 2 aromatic rings. The van der Waals surface area contributed by atoms with Crippen molar-refractivity contribution in [1.29, 1.82) is 0 Å². The van der Waals surface area contributed by atoms with Crippen LogP contribution in [0.2, 0.25) is 0 Å². The third kappa shape index (κ3) is 3.81. The molecule has 0 bridgehead atoms. The number of aromatic nitrogens is 2. The number of aliphatic hydroxyl groups excluding tert-OH is 1. The van der Waals surface area contributed by atoms with Gasteiger partial charge >= 0.3 is 0 Å². The average molecular weight is 319 g/mol. The molecule has 7 heteroatoms. The second-order valence-corrected chi connectivity index (χ2v) is 5.45. The van der Waals surface area contributed by atoms with Crippen molar-refractivity contribution in [1.82, 2.24) is 15.1 Å². The zero-order valence-electron chi connectivity index (χ0n) is 12.9. The van der Waals surface area contributed by atoms with Crippen molar-refractivity contribution in [2.24, 2.45) is 5.92 Å². The molecule has 0 fully saturated rings. The first-order valence-electron chi connectivity index (χ1n) is 7.20. The quantitative estimate of drug-likeness (QED) is 0.865. The summed E-state index contributed by atoms with van der Waals surface area (Å²) in [6.45, 7) is 3.46. The predicted octanol–water partition coefficient (Wildman–Crippen LogP) is 1.12. The van der Waals surface area contributed by atoms with Crippen LogP contribution in [0.4, 0.5) is 4.39 Å². The number of hydrogen-bond acceptors (Lipinski definition) is 4. The van der Waals surface area contributed by atoms with Gasteiger partial charge in [-0.3, -0.25) is 9.59 Å². The van der Waals surface area contributed by atoms with Gasteiger partial charge in [0.05, 0.1) is 18.3 Å². The zero-order chi connectivity index (χ0) is 17.0. The number of carbonyl (C=O) groups is 1. The topological polar surface area (TPSA) is 84.2 Å². The van der Waals surface area contributed by atoms with Gasteiger partial charge in [0.15, 0.2) is 0 Å². The Bertz CT molecular complexity index is 758. The summed E-state index contributed by atoms with van der Waals surface area (Å²) in [6.07, 6.45) is 1.30. The summed E-state index contributed by atoms with van der Waals surface area (Å²) in [6, 6.07) is 6.20. The second-order valence-electron chi connectivity index (χ2n) is 5.45. The van der Waals surface area contributed by atoms with Gasteiger partial charge in [0.1, 0.15) is 11.4 Å². The molecule has 0 spiro atoms. The lowest BCUT2D eigenvalue weighted by atomic mass is 10.1. The number of aliphatic hydroxyl groups is 1. The van der Waals surface area contributed by atoms with E-state index in [1.165, 1.54) is 30.5 Å². The number of nitrogens with zero attached hydrogens (tertiary/aromatic N) is 2. The summed E-state index contributed by atoms with van der Waals surface area (Å²) in [5.41, 5.74) is -0.549. The van der Waals surface area contributed by atoms with Crippen molar-refractivity contribution >= 4 is 5.91 Å². The van der Waals surface area contributed by atoms with Crippen molar-refractivity contribution in [3.63, 3.8) is 0 Å². The molecule has 2 rings (SSSR count). The van der Waals surface area contributed by atoms with Crippen LogP contribution < -0.4 is 10.9 Å². The van der Waals surface area contributed by atoms with Gasteiger partial charge in [-0.05, 0) is 30.2 Å². The van der Waals surface area contributed by atoms with Crippen LogP contribution in [0.3, 0.4) is 0 Å². The first kappa shape index (κ1) is 16.8. The lowest BCUT2D eigenvalue weighted by Crippen LogP contribution is -2.43. The Morgan fingerprint density at radius 1 is 1.39 bits per heavy atom. The van der Waals surface area contributed by atoms with E-state index in [-0.39, 0.29) is 23.8 Å². The molecule has 0 radical (unpaired) electrons. The third-order valence-corrected chi connectivity index (χ3v) is 3.46. The number of amides is 1. The highest BCUT2D eigenvalue weighted by atomic mass is 19.1. The molecular weight excluding hydrogens is 301 g/mol. The Kier molecular flexibility index (Phi) is 5.23. The van der Waals surface area contributed by atoms with E-state index in [1.54, 1.807) is 0 Å². The first-order valence-corrected chi connectivity index (χ1v) is 7.20. The summed E-state index contributed by atoms with van der Waals surface area (Å²) >= 11 is 0. The van der Waals surface area contributed by atoms with Gasteiger partial charge < -0.3 is 10.4 Å². The highest BCUT2D eigenvalue weighted by Crippen LogP contribution is 2.07. The van der Waals surface area contributed by atoms with Crippen LogP contribution in [0.1, 0.15) is 24.2 Å². The van der Waals surface area contributed by atoms with E-state index in [0.717, 1.165) is 10.7 Å². The molecule has 1 amide bonds. The lowest BCUT2D eigenvalue weighted by Gasteiger charge is -2.19. The van der Waals surface area contributed by atoms with E-state index in [0.29, 0.717) is 0 Å². The number of hydrogen-bond donors (Lipinski definition) is 2. The molecule has 0 unspecified atom stereocenters. The molecule has 6 nitrogen and oxygen atoms in total. The van der Waals surface area contributed by atoms with Crippen LogP contribution in [-0.4, -0.2) is 33.4 Å². The fraction of sp³-hybridized carbons (Fsp3) is 0.312. The molecule has 1 atom stereocenters. The Labute approximate surface area is 132 Å². The summed E-state index contributed by atoms with van der Waals surface area (Å²) in [5, 5.41) is 15.8. The number of benzene rings is 1. The van der Waals surface area contributed by atoms with E-state index < -0.39 is 23.3 Å². The van der Waals surface area contributed by atoms with Gasteiger partial charge in [-0.15, -0.1) is 0 Å². The Morgan fingerprint density at radius 2 is 2.13 bits per heavy atom. The number of rotatable bonds is 5. The maximum absolute atomic E-state index is 13.3. The summed E-state index contributed by atoms with van der Waals surface area (Å²) in [4.78, 5) is 24.7. The highest BCUT2D eigenvalue weighted by Gasteiger charge is 2.19. The average Bonchev–Trinajstić information content (AvgIpc) is 2.52. The lowest BCUT2D eigenvalue weighted by molar-refractivity contribution is 0.0894. The van der Waals surface area contributed by atoms with Crippen molar-refractivity contribution in [2.75, 3.05) is 6.61 Å². The molecule has 0 aliphatic rings. The Balaban J connectivity index is 2.37. The maximum atomic E-state index is 13.3. The predicted molar refractivity (Wildman–Crippen MR) is 83.0 cm³/mol. The molecule has 0 aliphatic heterocycles. The van der Waals surface area contributed by atoms with Crippen LogP contribution in [0.15, 0.2) is 41.3 Å². The molecule has 0 aliphatic carbocycles. The minimum atomic E-state index is -0.656. The van der Waals surface area contributed by atoms with Crippen LogP contribution in [0.25, 0.3) is 5.69 Å². The minimum absolute atomic E-state index is 0.0104. The number of halogens is 1. The largest absolute Gasteiger partial charge is 0.394 e. The standard InChI is InChI=1S/C16H18FN3O3/c1-10(2)14(9-21)19-15(22)13-6-7-18-20(16(13)23)12-5-3-4-11(17)8-12/h3-8,10,14,21H,9H2,1-2H3,(H,19,22)/t14-/m1/s1. The van der Waals surface area contributed by atoms with E-state index in [2.05, 4.69) is 10.4 Å². The van der Waals surface area contributed by atoms with Crippen molar-refractivity contribution in [3.05, 3.63) is 58.3 Å². The third-order valence-electron chi connectivity index (χ3n) is 3.46. The molecule has 23 heavy (non-hydrogen) atoms. The van der Waals surface area contributed by atoms with Crippen molar-refractivity contribution in [3.8, 4) is 5.69 Å². The number of carbonyl (C=O) groups excluding carboxylic acids is 1. The maximum Gasteiger partial charge on any atom is 0.284 e. The van der Waals surface area contributed by atoms with Crippen LogP contribution in [0.5, 0.6) is 0 Å². The van der Waals surface area contributed by atoms with Crippen molar-refractivity contribution < 1.29 is 14.3 Å². The first-order chi connectivity index (χ1) is 10.9. The SMILES string of the molecule is CC(C)[C@@H](CO)NC(=O)c1ccnn(-c2cccc(F)c2)c1=O.